The van der Waals surface area contributed by atoms with Gasteiger partial charge in [0.2, 0.25) is 11.8 Å². The molecule has 5 nitrogen and oxygen atoms in total. The zero-order chi connectivity index (χ0) is 13.3. The van der Waals surface area contributed by atoms with Crippen LogP contribution >= 0.6 is 12.2 Å². The average Bonchev–Trinajstić information content (AvgIpc) is 2.29. The van der Waals surface area contributed by atoms with Gasteiger partial charge in [0.15, 0.2) is 0 Å². The topological polar surface area (TPSA) is 96.0 Å². The fraction of sp³-hybridized carbons (Fsp3) is 0.667. The van der Waals surface area contributed by atoms with E-state index in [1.807, 2.05) is 6.07 Å². The molecule has 0 radical (unpaired) electrons. The molecule has 1 heterocycles. The van der Waals surface area contributed by atoms with E-state index in [0.717, 1.165) is 19.3 Å². The maximum Gasteiger partial charge on any atom is 0.244 e. The number of nitrogens with one attached hydrogen (secondary N) is 1. The number of nitrogens with zero attached hydrogens (tertiary/aromatic N) is 1. The van der Waals surface area contributed by atoms with Crippen molar-refractivity contribution in [2.75, 3.05) is 0 Å². The van der Waals surface area contributed by atoms with Gasteiger partial charge in [-0.2, -0.15) is 5.26 Å². The van der Waals surface area contributed by atoms with Gasteiger partial charge in [-0.1, -0.05) is 31.5 Å². The van der Waals surface area contributed by atoms with Gasteiger partial charge < -0.3 is 5.73 Å². The Bertz CT molecular complexity index is 449. The highest BCUT2D eigenvalue weighted by molar-refractivity contribution is 7.80. The normalized spacial score (nSPS) is 30.6. The van der Waals surface area contributed by atoms with Crippen LogP contribution in [0.5, 0.6) is 0 Å². The van der Waals surface area contributed by atoms with Crippen molar-refractivity contribution in [1.29, 1.82) is 5.26 Å². The van der Waals surface area contributed by atoms with Gasteiger partial charge in [-0.3, -0.25) is 14.9 Å². The zero-order valence-corrected chi connectivity index (χ0v) is 10.8. The summed E-state index contributed by atoms with van der Waals surface area (Å²) in [5.41, 5.74) is 4.99. The summed E-state index contributed by atoms with van der Waals surface area (Å²) in [5.74, 6) is -2.48. The molecule has 0 aromatic carbocycles. The highest BCUT2D eigenvalue weighted by Gasteiger charge is 2.56. The largest absolute Gasteiger partial charge is 0.393 e. The predicted molar refractivity (Wildman–Crippen MR) is 68.0 cm³/mol. The van der Waals surface area contributed by atoms with Crippen molar-refractivity contribution in [3.8, 4) is 6.07 Å². The molecule has 96 valence electrons. The molecule has 0 unspecified atom stereocenters. The molecule has 1 saturated heterocycles. The van der Waals surface area contributed by atoms with Crippen molar-refractivity contribution in [2.45, 2.75) is 32.1 Å². The fourth-order valence-electron chi connectivity index (χ4n) is 3.34. The number of amides is 2. The Labute approximate surface area is 111 Å². The molecule has 0 bridgehead atoms. The SMILES string of the molecule is N#C[C@H]1C(=O)NC(=O)[C@H](C(N)=S)C12CCCCC2. The van der Waals surface area contributed by atoms with Gasteiger partial charge >= 0.3 is 0 Å². The molecule has 0 aromatic rings. The summed E-state index contributed by atoms with van der Waals surface area (Å²) in [6.45, 7) is 0. The molecule has 1 aliphatic carbocycles. The second kappa shape index (κ2) is 4.65. The average molecular weight is 265 g/mol. The highest BCUT2D eigenvalue weighted by atomic mass is 32.1. The van der Waals surface area contributed by atoms with Crippen LogP contribution in [0, 0.1) is 28.6 Å². The van der Waals surface area contributed by atoms with E-state index >= 15 is 0 Å². The number of hydrogen-bond acceptors (Lipinski definition) is 4. The maximum atomic E-state index is 12.0. The first-order valence-electron chi connectivity index (χ1n) is 6.06. The Kier molecular flexibility index (Phi) is 3.35. The minimum atomic E-state index is -0.831. The van der Waals surface area contributed by atoms with Crippen LogP contribution in [0.2, 0.25) is 0 Å². The van der Waals surface area contributed by atoms with Gasteiger partial charge in [0.05, 0.1) is 17.0 Å². The highest BCUT2D eigenvalue weighted by Crippen LogP contribution is 2.50. The molecular formula is C12H15N3O2S. The van der Waals surface area contributed by atoms with Crippen LogP contribution in [-0.2, 0) is 9.59 Å². The quantitative estimate of drug-likeness (QED) is 0.535. The second-order valence-electron chi connectivity index (χ2n) is 5.04. The molecule has 2 amide bonds. The zero-order valence-electron chi connectivity index (χ0n) is 9.94. The van der Waals surface area contributed by atoms with Crippen LogP contribution in [0.25, 0.3) is 0 Å². The Morgan fingerprint density at radius 1 is 1.33 bits per heavy atom. The number of nitriles is 1. The van der Waals surface area contributed by atoms with Crippen molar-refractivity contribution in [3.63, 3.8) is 0 Å². The van der Waals surface area contributed by atoms with E-state index < -0.39 is 29.1 Å². The van der Waals surface area contributed by atoms with E-state index in [2.05, 4.69) is 5.32 Å². The van der Waals surface area contributed by atoms with Crippen molar-refractivity contribution >= 4 is 29.0 Å². The number of nitrogens with two attached hydrogens (primary N) is 1. The standard InChI is InChI=1S/C12H15N3O2S/c13-6-7-10(16)15-11(17)8(9(14)18)12(7)4-2-1-3-5-12/h7-8H,1-5H2,(H2,14,18)(H,15,16,17)/t7-,8-/m0/s1. The molecular weight excluding hydrogens is 250 g/mol. The Balaban J connectivity index is 2.49. The first-order valence-corrected chi connectivity index (χ1v) is 6.47. The third-order valence-corrected chi connectivity index (χ3v) is 4.35. The van der Waals surface area contributed by atoms with Crippen LogP contribution in [0.3, 0.4) is 0 Å². The summed E-state index contributed by atoms with van der Waals surface area (Å²) in [7, 11) is 0. The monoisotopic (exact) mass is 265 g/mol. The first-order chi connectivity index (χ1) is 8.53. The Morgan fingerprint density at radius 3 is 2.44 bits per heavy atom. The third kappa shape index (κ3) is 1.79. The molecule has 2 atom stereocenters. The van der Waals surface area contributed by atoms with Crippen molar-refractivity contribution in [3.05, 3.63) is 0 Å². The summed E-state index contributed by atoms with van der Waals surface area (Å²) in [5, 5.41) is 11.5. The number of carbonyl (C=O) groups excluding carboxylic acids is 2. The molecule has 1 saturated carbocycles. The van der Waals surface area contributed by atoms with Crippen LogP contribution in [-0.4, -0.2) is 16.8 Å². The van der Waals surface area contributed by atoms with E-state index in [0.29, 0.717) is 12.8 Å². The number of piperidine rings is 1. The number of carbonyl (C=O) groups is 2. The lowest BCUT2D eigenvalue weighted by Crippen LogP contribution is -2.61. The lowest BCUT2D eigenvalue weighted by molar-refractivity contribution is -0.146. The van der Waals surface area contributed by atoms with Gasteiger partial charge in [-0.05, 0) is 12.8 Å². The molecule has 3 N–H and O–H groups in total. The molecule has 2 rings (SSSR count). The van der Waals surface area contributed by atoms with Gasteiger partial charge in [0.1, 0.15) is 5.92 Å². The predicted octanol–water partition coefficient (Wildman–Crippen LogP) is 0.635. The summed E-state index contributed by atoms with van der Waals surface area (Å²) in [6.07, 6.45) is 4.17. The van der Waals surface area contributed by atoms with Gasteiger partial charge in [0.25, 0.3) is 0 Å². The van der Waals surface area contributed by atoms with Gasteiger partial charge in [-0.25, -0.2) is 0 Å². The smallest absolute Gasteiger partial charge is 0.244 e. The minimum absolute atomic E-state index is 0.0853. The van der Waals surface area contributed by atoms with Crippen molar-refractivity contribution < 1.29 is 9.59 Å². The number of rotatable bonds is 1. The molecule has 1 spiro atoms. The third-order valence-electron chi connectivity index (χ3n) is 4.12. The summed E-state index contributed by atoms with van der Waals surface area (Å²) in [4.78, 5) is 23.9. The van der Waals surface area contributed by atoms with Crippen LogP contribution in [0.1, 0.15) is 32.1 Å². The van der Waals surface area contributed by atoms with E-state index in [1.54, 1.807) is 0 Å². The maximum absolute atomic E-state index is 12.0. The molecule has 1 aliphatic heterocycles. The van der Waals surface area contributed by atoms with Crippen molar-refractivity contribution in [1.82, 2.24) is 5.32 Å². The van der Waals surface area contributed by atoms with Crippen molar-refractivity contribution in [2.24, 2.45) is 23.0 Å². The van der Waals surface area contributed by atoms with Gasteiger partial charge in [0, 0.05) is 5.41 Å². The fourth-order valence-corrected chi connectivity index (χ4v) is 3.68. The summed E-state index contributed by atoms with van der Waals surface area (Å²) < 4.78 is 0. The lowest BCUT2D eigenvalue weighted by atomic mass is 9.57. The Hall–Kier alpha value is -1.48. The second-order valence-corrected chi connectivity index (χ2v) is 5.52. The molecule has 2 fully saturated rings. The summed E-state index contributed by atoms with van der Waals surface area (Å²) >= 11 is 4.98. The van der Waals surface area contributed by atoms with E-state index in [9.17, 15) is 14.9 Å². The number of thiocarbonyl (C=S) groups is 1. The van der Waals surface area contributed by atoms with Crippen LogP contribution < -0.4 is 11.1 Å². The summed E-state index contributed by atoms with van der Waals surface area (Å²) in [6, 6.07) is 2.04. The van der Waals surface area contributed by atoms with E-state index in [4.69, 9.17) is 18.0 Å². The van der Waals surface area contributed by atoms with Crippen LogP contribution in [0.15, 0.2) is 0 Å². The van der Waals surface area contributed by atoms with Gasteiger partial charge in [-0.15, -0.1) is 0 Å². The lowest BCUT2D eigenvalue weighted by Gasteiger charge is -2.47. The number of imide groups is 1. The minimum Gasteiger partial charge on any atom is -0.393 e. The molecule has 18 heavy (non-hydrogen) atoms. The molecule has 0 aromatic heterocycles. The van der Waals surface area contributed by atoms with E-state index in [-0.39, 0.29) is 4.99 Å². The van der Waals surface area contributed by atoms with E-state index in [1.165, 1.54) is 0 Å². The molecule has 6 heteroatoms. The Morgan fingerprint density at radius 2 is 1.94 bits per heavy atom. The number of hydrogen-bond donors (Lipinski definition) is 2. The first kappa shape index (κ1) is 13.0. The molecule has 2 aliphatic rings. The van der Waals surface area contributed by atoms with Crippen LogP contribution in [0.4, 0.5) is 0 Å².